The summed E-state index contributed by atoms with van der Waals surface area (Å²) in [6.07, 6.45) is 0. The van der Waals surface area contributed by atoms with Crippen LogP contribution in [0.2, 0.25) is 0 Å². The van der Waals surface area contributed by atoms with Gasteiger partial charge in [0.15, 0.2) is 5.69 Å². The van der Waals surface area contributed by atoms with Gasteiger partial charge in [-0.2, -0.15) is 0 Å². The molecule has 0 aliphatic rings. The smallest absolute Gasteiger partial charge is 0.356 e. The summed E-state index contributed by atoms with van der Waals surface area (Å²) in [7, 11) is 0. The molecule has 3 aromatic rings. The first-order chi connectivity index (χ1) is 8.16. The van der Waals surface area contributed by atoms with Crippen molar-refractivity contribution in [2.75, 3.05) is 5.73 Å². The van der Waals surface area contributed by atoms with Crippen LogP contribution in [-0.4, -0.2) is 16.1 Å². The van der Waals surface area contributed by atoms with Gasteiger partial charge in [0.2, 0.25) is 5.71 Å². The van der Waals surface area contributed by atoms with E-state index in [1.54, 1.807) is 12.1 Å². The Morgan fingerprint density at radius 2 is 2.06 bits per heavy atom. The van der Waals surface area contributed by atoms with Gasteiger partial charge in [0.1, 0.15) is 5.58 Å². The number of benzene rings is 1. The highest BCUT2D eigenvalue weighted by Gasteiger charge is 2.15. The predicted molar refractivity (Wildman–Crippen MR) is 62.9 cm³/mol. The number of aromatic carboxylic acids is 1. The average molecular weight is 228 g/mol. The number of rotatable bonds is 1. The Balaban J connectivity index is 2.46. The van der Waals surface area contributed by atoms with Crippen LogP contribution >= 0.6 is 0 Å². The number of pyridine rings is 1. The number of hydrogen-bond donors (Lipinski definition) is 2. The highest BCUT2D eigenvalue weighted by molar-refractivity contribution is 6.06. The number of carbonyl (C=O) groups is 1. The molecular formula is C12H8N2O3. The van der Waals surface area contributed by atoms with Gasteiger partial charge in [0.05, 0.1) is 11.1 Å². The van der Waals surface area contributed by atoms with E-state index in [9.17, 15) is 4.79 Å². The second kappa shape index (κ2) is 3.21. The fourth-order valence-electron chi connectivity index (χ4n) is 1.84. The molecule has 0 saturated carbocycles. The van der Waals surface area contributed by atoms with Gasteiger partial charge in [-0.1, -0.05) is 18.2 Å². The Labute approximate surface area is 95.5 Å². The molecule has 3 N–H and O–H groups in total. The Hall–Kier alpha value is -2.56. The molecule has 0 amide bonds. The molecule has 2 aromatic heterocycles. The lowest BCUT2D eigenvalue weighted by Gasteiger charge is -1.98. The number of carboxylic acids is 1. The van der Waals surface area contributed by atoms with Crippen molar-refractivity contribution < 1.29 is 14.3 Å². The molecule has 0 aliphatic heterocycles. The van der Waals surface area contributed by atoms with Gasteiger partial charge in [-0.25, -0.2) is 9.78 Å². The number of fused-ring (bicyclic) bond motifs is 3. The maximum Gasteiger partial charge on any atom is 0.356 e. The highest BCUT2D eigenvalue weighted by Crippen LogP contribution is 2.29. The normalized spacial score (nSPS) is 11.1. The van der Waals surface area contributed by atoms with Crippen molar-refractivity contribution >= 4 is 33.7 Å². The molecule has 1 aromatic carbocycles. The van der Waals surface area contributed by atoms with Crippen LogP contribution in [0.1, 0.15) is 10.5 Å². The molecule has 0 fully saturated rings. The summed E-state index contributed by atoms with van der Waals surface area (Å²) in [6.45, 7) is 0. The van der Waals surface area contributed by atoms with E-state index < -0.39 is 5.97 Å². The fourth-order valence-corrected chi connectivity index (χ4v) is 1.84. The van der Waals surface area contributed by atoms with E-state index in [0.717, 1.165) is 10.8 Å². The number of carboxylic acid groups (broad SMARTS) is 1. The molecular weight excluding hydrogens is 220 g/mol. The van der Waals surface area contributed by atoms with Gasteiger partial charge in [-0.3, -0.25) is 0 Å². The van der Waals surface area contributed by atoms with E-state index in [2.05, 4.69) is 4.98 Å². The molecule has 2 heterocycles. The number of nitrogens with two attached hydrogens (primary N) is 1. The number of nitrogens with zero attached hydrogens (tertiary/aromatic N) is 1. The van der Waals surface area contributed by atoms with E-state index in [-0.39, 0.29) is 17.1 Å². The highest BCUT2D eigenvalue weighted by atomic mass is 16.4. The minimum Gasteiger partial charge on any atom is -0.476 e. The lowest BCUT2D eigenvalue weighted by Crippen LogP contribution is -2.05. The summed E-state index contributed by atoms with van der Waals surface area (Å²) in [5.41, 5.74) is 6.56. The number of nitrogen functional groups attached to an aromatic ring is 1. The van der Waals surface area contributed by atoms with E-state index in [4.69, 9.17) is 15.3 Å². The monoisotopic (exact) mass is 228 g/mol. The van der Waals surface area contributed by atoms with Crippen LogP contribution in [0.5, 0.6) is 0 Å². The Morgan fingerprint density at radius 1 is 1.29 bits per heavy atom. The summed E-state index contributed by atoms with van der Waals surface area (Å²) in [4.78, 5) is 14.8. The van der Waals surface area contributed by atoms with Crippen molar-refractivity contribution in [1.82, 2.24) is 4.98 Å². The van der Waals surface area contributed by atoms with Gasteiger partial charge >= 0.3 is 5.97 Å². The summed E-state index contributed by atoms with van der Waals surface area (Å²) < 4.78 is 5.47. The zero-order valence-corrected chi connectivity index (χ0v) is 8.68. The zero-order chi connectivity index (χ0) is 12.0. The molecule has 0 atom stereocenters. The van der Waals surface area contributed by atoms with Crippen molar-refractivity contribution in [3.8, 4) is 0 Å². The van der Waals surface area contributed by atoms with E-state index >= 15 is 0 Å². The molecule has 0 spiro atoms. The number of furan rings is 1. The SMILES string of the molecule is Nc1cc2c(nc1C(=O)O)oc1ccccc12. The molecule has 84 valence electrons. The van der Waals surface area contributed by atoms with E-state index in [1.807, 2.05) is 18.2 Å². The van der Waals surface area contributed by atoms with E-state index in [1.165, 1.54) is 0 Å². The molecule has 3 rings (SSSR count). The molecule has 0 saturated heterocycles. The Morgan fingerprint density at radius 3 is 2.82 bits per heavy atom. The van der Waals surface area contributed by atoms with Gasteiger partial charge < -0.3 is 15.3 Å². The first kappa shape index (κ1) is 9.65. The predicted octanol–water partition coefficient (Wildman–Crippen LogP) is 2.26. The lowest BCUT2D eigenvalue weighted by molar-refractivity contribution is 0.0692. The summed E-state index contributed by atoms with van der Waals surface area (Å²) >= 11 is 0. The fraction of sp³-hybridized carbons (Fsp3) is 0. The molecule has 0 aliphatic carbocycles. The number of aromatic nitrogens is 1. The van der Waals surface area contributed by atoms with Gasteiger partial charge in [0, 0.05) is 5.39 Å². The van der Waals surface area contributed by atoms with E-state index in [0.29, 0.717) is 5.58 Å². The standard InChI is InChI=1S/C12H8N2O3/c13-8-5-7-6-3-1-2-4-9(6)17-11(7)14-10(8)12(15)16/h1-5H,13H2,(H,15,16). The maximum atomic E-state index is 10.9. The summed E-state index contributed by atoms with van der Waals surface area (Å²) in [6, 6.07) is 8.97. The molecule has 17 heavy (non-hydrogen) atoms. The zero-order valence-electron chi connectivity index (χ0n) is 8.68. The lowest BCUT2D eigenvalue weighted by atomic mass is 10.1. The number of anilines is 1. The minimum absolute atomic E-state index is 0.136. The van der Waals surface area contributed by atoms with Crippen LogP contribution in [0.25, 0.3) is 22.1 Å². The largest absolute Gasteiger partial charge is 0.476 e. The minimum atomic E-state index is -1.16. The van der Waals surface area contributed by atoms with Crippen LogP contribution in [0, 0.1) is 0 Å². The molecule has 5 nitrogen and oxygen atoms in total. The third-order valence-corrected chi connectivity index (χ3v) is 2.60. The Bertz CT molecular complexity index is 746. The second-order valence-electron chi connectivity index (χ2n) is 3.68. The molecule has 5 heteroatoms. The van der Waals surface area contributed by atoms with Crippen molar-refractivity contribution in [2.24, 2.45) is 0 Å². The Kier molecular flexibility index (Phi) is 1.82. The molecule has 0 bridgehead atoms. The first-order valence-corrected chi connectivity index (χ1v) is 4.98. The molecule has 0 radical (unpaired) electrons. The van der Waals surface area contributed by atoms with Crippen LogP contribution in [-0.2, 0) is 0 Å². The maximum absolute atomic E-state index is 10.9. The van der Waals surface area contributed by atoms with Crippen molar-refractivity contribution in [3.05, 3.63) is 36.0 Å². The topological polar surface area (TPSA) is 89.3 Å². The van der Waals surface area contributed by atoms with Crippen LogP contribution in [0.3, 0.4) is 0 Å². The molecule has 0 unspecified atom stereocenters. The van der Waals surface area contributed by atoms with Gasteiger partial charge in [-0.15, -0.1) is 0 Å². The third-order valence-electron chi connectivity index (χ3n) is 2.60. The third kappa shape index (κ3) is 1.32. The van der Waals surface area contributed by atoms with Crippen LogP contribution in [0.4, 0.5) is 5.69 Å². The first-order valence-electron chi connectivity index (χ1n) is 4.98. The van der Waals surface area contributed by atoms with Gasteiger partial charge in [0.25, 0.3) is 0 Å². The summed E-state index contributed by atoms with van der Waals surface area (Å²) in [5, 5.41) is 10.5. The van der Waals surface area contributed by atoms with Crippen LogP contribution < -0.4 is 5.73 Å². The second-order valence-corrected chi connectivity index (χ2v) is 3.68. The van der Waals surface area contributed by atoms with Crippen molar-refractivity contribution in [2.45, 2.75) is 0 Å². The van der Waals surface area contributed by atoms with Crippen molar-refractivity contribution in [1.29, 1.82) is 0 Å². The van der Waals surface area contributed by atoms with Gasteiger partial charge in [-0.05, 0) is 12.1 Å². The quantitative estimate of drug-likeness (QED) is 0.666. The average Bonchev–Trinajstić information content (AvgIpc) is 2.65. The number of para-hydroxylation sites is 1. The number of hydrogen-bond acceptors (Lipinski definition) is 4. The van der Waals surface area contributed by atoms with Crippen LogP contribution in [0.15, 0.2) is 34.7 Å². The van der Waals surface area contributed by atoms with Crippen molar-refractivity contribution in [3.63, 3.8) is 0 Å². The summed E-state index contributed by atoms with van der Waals surface area (Å²) in [5.74, 6) is -1.16.